The first kappa shape index (κ1) is 20.3. The Balaban J connectivity index is 2.13. The van der Waals surface area contributed by atoms with Crippen molar-refractivity contribution in [1.29, 1.82) is 0 Å². The molecule has 0 saturated heterocycles. The summed E-state index contributed by atoms with van der Waals surface area (Å²) in [5, 5.41) is 5.15. The van der Waals surface area contributed by atoms with Crippen molar-refractivity contribution in [2.75, 3.05) is 7.11 Å². The highest BCUT2D eigenvalue weighted by Gasteiger charge is 2.47. The van der Waals surface area contributed by atoms with Gasteiger partial charge in [0.25, 0.3) is 0 Å². The van der Waals surface area contributed by atoms with E-state index in [9.17, 15) is 14.4 Å². The van der Waals surface area contributed by atoms with Crippen LogP contribution in [-0.4, -0.2) is 30.9 Å². The topological polar surface area (TPSA) is 81.7 Å². The number of nitrogens with one attached hydrogen (secondary N) is 1. The molecule has 150 valence electrons. The molecule has 1 aromatic heterocycles. The van der Waals surface area contributed by atoms with Gasteiger partial charge in [-0.25, -0.2) is 4.79 Å². The molecule has 3 atom stereocenters. The van der Waals surface area contributed by atoms with Crippen LogP contribution < -0.4 is 5.32 Å². The summed E-state index contributed by atoms with van der Waals surface area (Å²) >= 11 is 1.47. The Bertz CT molecular complexity index is 865. The summed E-state index contributed by atoms with van der Waals surface area (Å²) in [5.74, 6) is -2.87. The van der Waals surface area contributed by atoms with Crippen LogP contribution in [-0.2, 0) is 23.9 Å². The van der Waals surface area contributed by atoms with Crippen LogP contribution in [0.4, 0.5) is 0 Å². The molecule has 1 aliphatic heterocycles. The van der Waals surface area contributed by atoms with E-state index < -0.39 is 23.8 Å². The zero-order chi connectivity index (χ0) is 20.6. The van der Waals surface area contributed by atoms with Crippen molar-refractivity contribution in [3.05, 3.63) is 44.9 Å². The molecule has 0 spiro atoms. The molecule has 0 bridgehead atoms. The number of Topliss-reactive ketones (excluding diaryl/α,β-unsaturated/α-hetero) is 1. The molecule has 0 saturated carbocycles. The van der Waals surface area contributed by atoms with E-state index >= 15 is 0 Å². The van der Waals surface area contributed by atoms with Crippen molar-refractivity contribution in [3.8, 4) is 0 Å². The number of allylic oxidation sites excluding steroid dienone is 3. The summed E-state index contributed by atoms with van der Waals surface area (Å²) in [7, 11) is 1.29. The Labute approximate surface area is 168 Å². The van der Waals surface area contributed by atoms with E-state index in [1.54, 1.807) is 13.8 Å². The predicted octanol–water partition coefficient (Wildman–Crippen LogP) is 3.31. The second-order valence-corrected chi connectivity index (χ2v) is 8.48. The van der Waals surface area contributed by atoms with Crippen LogP contribution in [0.5, 0.6) is 0 Å². The molecule has 2 heterocycles. The molecule has 1 aromatic rings. The highest BCUT2D eigenvalue weighted by Crippen LogP contribution is 2.46. The third-order valence-electron chi connectivity index (χ3n) is 5.13. The number of methoxy groups -OCH3 is 1. The average Bonchev–Trinajstić information content (AvgIpc) is 3.13. The molecule has 6 nitrogen and oxygen atoms in total. The Morgan fingerprint density at radius 3 is 2.61 bits per heavy atom. The molecule has 3 unspecified atom stereocenters. The first-order chi connectivity index (χ1) is 13.3. The van der Waals surface area contributed by atoms with E-state index in [1.807, 2.05) is 31.4 Å². The lowest BCUT2D eigenvalue weighted by atomic mass is 9.70. The number of hydrogen-bond acceptors (Lipinski definition) is 7. The van der Waals surface area contributed by atoms with Crippen LogP contribution in [0.2, 0.25) is 0 Å². The monoisotopic (exact) mass is 403 g/mol. The molecule has 28 heavy (non-hydrogen) atoms. The van der Waals surface area contributed by atoms with E-state index in [0.717, 1.165) is 10.6 Å². The van der Waals surface area contributed by atoms with Gasteiger partial charge in [-0.15, -0.1) is 11.3 Å². The van der Waals surface area contributed by atoms with Gasteiger partial charge in [0.05, 0.1) is 24.7 Å². The largest absolute Gasteiger partial charge is 0.468 e. The number of carbonyl (C=O) groups is 3. The molecule has 3 rings (SSSR count). The number of dihydropyridines is 1. The number of rotatable bonds is 4. The summed E-state index contributed by atoms with van der Waals surface area (Å²) < 4.78 is 10.3. The molecule has 0 aromatic carbocycles. The van der Waals surface area contributed by atoms with E-state index in [0.29, 0.717) is 23.3 Å². The van der Waals surface area contributed by atoms with Crippen molar-refractivity contribution in [1.82, 2.24) is 5.32 Å². The van der Waals surface area contributed by atoms with Crippen LogP contribution in [0, 0.1) is 11.8 Å². The van der Waals surface area contributed by atoms with Gasteiger partial charge in [0.15, 0.2) is 5.78 Å². The lowest BCUT2D eigenvalue weighted by Crippen LogP contribution is -2.43. The van der Waals surface area contributed by atoms with E-state index in [1.165, 1.54) is 18.4 Å². The minimum absolute atomic E-state index is 0.188. The summed E-state index contributed by atoms with van der Waals surface area (Å²) in [6, 6.07) is 3.79. The second kappa shape index (κ2) is 7.91. The van der Waals surface area contributed by atoms with Crippen molar-refractivity contribution >= 4 is 29.1 Å². The standard InChI is InChI=1S/C21H25NO5S/c1-10(2)27-21(25)16-12(4)22-13-9-11(3)15(20(24)26-5)19(23)17(13)18(16)14-7-6-8-28-14/h6-8,10-11,15,18,22H,9H2,1-5H3. The molecule has 0 fully saturated rings. The van der Waals surface area contributed by atoms with Gasteiger partial charge in [-0.1, -0.05) is 13.0 Å². The minimum atomic E-state index is -0.867. The Morgan fingerprint density at radius 1 is 1.32 bits per heavy atom. The van der Waals surface area contributed by atoms with Gasteiger partial charge >= 0.3 is 11.9 Å². The van der Waals surface area contributed by atoms with Crippen molar-refractivity contribution in [2.24, 2.45) is 11.8 Å². The van der Waals surface area contributed by atoms with E-state index in [4.69, 9.17) is 9.47 Å². The van der Waals surface area contributed by atoms with Crippen LogP contribution in [0.25, 0.3) is 0 Å². The highest BCUT2D eigenvalue weighted by atomic mass is 32.1. The fourth-order valence-corrected chi connectivity index (χ4v) is 4.81. The lowest BCUT2D eigenvalue weighted by Gasteiger charge is -2.37. The average molecular weight is 404 g/mol. The van der Waals surface area contributed by atoms with Crippen LogP contribution in [0.3, 0.4) is 0 Å². The van der Waals surface area contributed by atoms with Crippen molar-refractivity contribution in [3.63, 3.8) is 0 Å². The summed E-state index contributed by atoms with van der Waals surface area (Å²) in [5.41, 5.74) is 2.34. The Hall–Kier alpha value is -2.41. The number of hydrogen-bond donors (Lipinski definition) is 1. The number of thiophene rings is 1. The van der Waals surface area contributed by atoms with Crippen molar-refractivity contribution in [2.45, 2.75) is 46.1 Å². The van der Waals surface area contributed by atoms with Gasteiger partial charge in [-0.05, 0) is 44.6 Å². The number of ether oxygens (including phenoxy) is 2. The van der Waals surface area contributed by atoms with Gasteiger partial charge in [-0.2, -0.15) is 0 Å². The van der Waals surface area contributed by atoms with E-state index in [2.05, 4.69) is 5.32 Å². The molecule has 1 aliphatic carbocycles. The predicted molar refractivity (Wildman–Crippen MR) is 105 cm³/mol. The number of ketones is 1. The van der Waals surface area contributed by atoms with E-state index in [-0.39, 0.29) is 17.8 Å². The molecule has 0 radical (unpaired) electrons. The maximum atomic E-state index is 13.4. The molecule has 0 amide bonds. The maximum Gasteiger partial charge on any atom is 0.337 e. The third-order valence-corrected chi connectivity index (χ3v) is 6.07. The Morgan fingerprint density at radius 2 is 2.04 bits per heavy atom. The molecule has 1 N–H and O–H groups in total. The zero-order valence-electron chi connectivity index (χ0n) is 16.7. The normalized spacial score (nSPS) is 24.8. The molecule has 2 aliphatic rings. The third kappa shape index (κ3) is 3.51. The van der Waals surface area contributed by atoms with Gasteiger partial charge in [-0.3, -0.25) is 9.59 Å². The first-order valence-corrected chi connectivity index (χ1v) is 10.2. The fourth-order valence-electron chi connectivity index (χ4n) is 3.97. The lowest BCUT2D eigenvalue weighted by molar-refractivity contribution is -0.151. The summed E-state index contributed by atoms with van der Waals surface area (Å²) in [6.45, 7) is 7.26. The number of carbonyl (C=O) groups excluding carboxylic acids is 3. The van der Waals surface area contributed by atoms with Gasteiger partial charge in [0.1, 0.15) is 5.92 Å². The molecule has 7 heteroatoms. The fraction of sp³-hybridized carbons (Fsp3) is 0.476. The number of esters is 2. The Kier molecular flexibility index (Phi) is 5.74. The van der Waals surface area contributed by atoms with Gasteiger partial charge in [0, 0.05) is 21.8 Å². The van der Waals surface area contributed by atoms with Crippen LogP contribution >= 0.6 is 11.3 Å². The first-order valence-electron chi connectivity index (χ1n) is 9.33. The smallest absolute Gasteiger partial charge is 0.337 e. The second-order valence-electron chi connectivity index (χ2n) is 7.50. The zero-order valence-corrected chi connectivity index (χ0v) is 17.5. The minimum Gasteiger partial charge on any atom is -0.468 e. The quantitative estimate of drug-likeness (QED) is 0.614. The van der Waals surface area contributed by atoms with Crippen LogP contribution in [0.15, 0.2) is 40.1 Å². The van der Waals surface area contributed by atoms with Gasteiger partial charge in [0.2, 0.25) is 0 Å². The molecular weight excluding hydrogens is 378 g/mol. The maximum absolute atomic E-state index is 13.4. The summed E-state index contributed by atoms with van der Waals surface area (Å²) in [4.78, 5) is 39.5. The van der Waals surface area contributed by atoms with Gasteiger partial charge < -0.3 is 14.8 Å². The summed E-state index contributed by atoms with van der Waals surface area (Å²) in [6.07, 6.45) is 0.254. The van der Waals surface area contributed by atoms with Crippen molar-refractivity contribution < 1.29 is 23.9 Å². The SMILES string of the molecule is COC(=O)C1C(=O)C2=C(CC1C)NC(C)=C(C(=O)OC(C)C)C2c1cccs1. The molecular formula is C21H25NO5S. The highest BCUT2D eigenvalue weighted by molar-refractivity contribution is 7.10. The van der Waals surface area contributed by atoms with Crippen LogP contribution in [0.1, 0.15) is 44.9 Å².